The van der Waals surface area contributed by atoms with Crippen molar-refractivity contribution in [1.29, 1.82) is 0 Å². The van der Waals surface area contributed by atoms with E-state index in [1.165, 1.54) is 32.4 Å². The molecule has 12 heteroatoms. The van der Waals surface area contributed by atoms with Crippen LogP contribution >= 0.6 is 0 Å². The van der Waals surface area contributed by atoms with Crippen LogP contribution in [0.1, 0.15) is 5.56 Å². The van der Waals surface area contributed by atoms with Gasteiger partial charge in [0, 0.05) is 13.2 Å². The van der Waals surface area contributed by atoms with Crippen molar-refractivity contribution in [3.05, 3.63) is 29.8 Å². The van der Waals surface area contributed by atoms with E-state index in [4.69, 9.17) is 28.4 Å². The number of aliphatic hydroxyl groups is 4. The van der Waals surface area contributed by atoms with E-state index in [2.05, 4.69) is 0 Å². The first-order valence-corrected chi connectivity index (χ1v) is 10.1. The van der Waals surface area contributed by atoms with Crippen molar-refractivity contribution in [1.82, 2.24) is 0 Å². The number of benzene rings is 1. The molecule has 0 aliphatic carbocycles. The molecule has 3 rings (SSSR count). The average molecular weight is 472 g/mol. The molecule has 0 amide bonds. The molecule has 2 heterocycles. The SMILES string of the molecule is COc1cc(C=CC(=O)OC[C@@H]2O[C@@H](O[C@@H]3[C@@H](O)[C@H](O)OC[C@H]3O)[C@H](OC)[C@H]2O)ccc1O. The predicted molar refractivity (Wildman–Crippen MR) is 109 cm³/mol. The highest BCUT2D eigenvalue weighted by Gasteiger charge is 2.49. The minimum absolute atomic E-state index is 0.0376. The molecule has 184 valence electrons. The van der Waals surface area contributed by atoms with Crippen LogP contribution in [-0.2, 0) is 28.5 Å². The molecule has 33 heavy (non-hydrogen) atoms. The van der Waals surface area contributed by atoms with Crippen molar-refractivity contribution in [3.8, 4) is 11.5 Å². The topological polar surface area (TPSA) is 174 Å². The van der Waals surface area contributed by atoms with E-state index in [0.717, 1.165) is 6.08 Å². The van der Waals surface area contributed by atoms with Gasteiger partial charge in [-0.1, -0.05) is 6.07 Å². The quantitative estimate of drug-likeness (QED) is 0.219. The van der Waals surface area contributed by atoms with Gasteiger partial charge in [-0.3, -0.25) is 0 Å². The summed E-state index contributed by atoms with van der Waals surface area (Å²) in [6, 6.07) is 4.53. The smallest absolute Gasteiger partial charge is 0.330 e. The number of carbonyl (C=O) groups excluding carboxylic acids is 1. The van der Waals surface area contributed by atoms with Crippen molar-refractivity contribution in [2.45, 2.75) is 49.2 Å². The monoisotopic (exact) mass is 472 g/mol. The molecule has 0 saturated carbocycles. The van der Waals surface area contributed by atoms with Gasteiger partial charge in [-0.25, -0.2) is 4.79 Å². The molecule has 5 N–H and O–H groups in total. The van der Waals surface area contributed by atoms with Crippen molar-refractivity contribution >= 4 is 12.0 Å². The third-order valence-electron chi connectivity index (χ3n) is 5.31. The summed E-state index contributed by atoms with van der Waals surface area (Å²) in [4.78, 5) is 12.1. The Labute approximate surface area is 189 Å². The van der Waals surface area contributed by atoms with Gasteiger partial charge >= 0.3 is 5.97 Å². The van der Waals surface area contributed by atoms with E-state index in [0.29, 0.717) is 5.56 Å². The standard InChI is InChI=1S/C21H28O12/c1-28-13-7-10(3-5-11(13)22)4-6-15(24)30-9-14-16(25)19(29-2)21(32-14)33-18-12(23)8-31-20(27)17(18)26/h3-7,12,14,16-23,25-27H,8-9H2,1-2H3/t12-,14+,16+,17-,18+,19-,20-,21+/m1/s1. The Kier molecular flexibility index (Phi) is 8.62. The third-order valence-corrected chi connectivity index (χ3v) is 5.31. The third kappa shape index (κ3) is 5.99. The van der Waals surface area contributed by atoms with Gasteiger partial charge in [0.2, 0.25) is 0 Å². The lowest BCUT2D eigenvalue weighted by Gasteiger charge is -2.37. The van der Waals surface area contributed by atoms with Gasteiger partial charge < -0.3 is 54.0 Å². The summed E-state index contributed by atoms with van der Waals surface area (Å²) in [5.41, 5.74) is 0.586. The molecule has 0 aromatic heterocycles. The maximum absolute atomic E-state index is 12.1. The molecule has 2 aliphatic heterocycles. The second-order valence-electron chi connectivity index (χ2n) is 7.51. The Balaban J connectivity index is 1.56. The maximum atomic E-state index is 12.1. The average Bonchev–Trinajstić information content (AvgIpc) is 3.11. The fourth-order valence-corrected chi connectivity index (χ4v) is 3.48. The van der Waals surface area contributed by atoms with E-state index >= 15 is 0 Å². The first kappa shape index (κ1) is 25.3. The van der Waals surface area contributed by atoms with E-state index in [9.17, 15) is 30.3 Å². The van der Waals surface area contributed by atoms with Crippen LogP contribution in [0.4, 0.5) is 0 Å². The molecule has 2 saturated heterocycles. The molecule has 1 aromatic carbocycles. The summed E-state index contributed by atoms with van der Waals surface area (Å²) >= 11 is 0. The number of phenols is 1. The molecule has 2 fully saturated rings. The van der Waals surface area contributed by atoms with Crippen LogP contribution < -0.4 is 4.74 Å². The van der Waals surface area contributed by atoms with E-state index in [-0.39, 0.29) is 24.7 Å². The van der Waals surface area contributed by atoms with Gasteiger partial charge in [0.15, 0.2) is 24.1 Å². The van der Waals surface area contributed by atoms with E-state index in [1.807, 2.05) is 0 Å². The summed E-state index contributed by atoms with van der Waals surface area (Å²) in [5.74, 6) is -0.504. The molecule has 12 nitrogen and oxygen atoms in total. The lowest BCUT2D eigenvalue weighted by atomic mass is 10.0. The van der Waals surface area contributed by atoms with Crippen molar-refractivity contribution < 1.29 is 58.7 Å². The van der Waals surface area contributed by atoms with Crippen molar-refractivity contribution in [2.75, 3.05) is 27.4 Å². The largest absolute Gasteiger partial charge is 0.504 e. The Morgan fingerprint density at radius 1 is 1.15 bits per heavy atom. The highest BCUT2D eigenvalue weighted by atomic mass is 16.7. The number of aromatic hydroxyl groups is 1. The fraction of sp³-hybridized carbons (Fsp3) is 0.571. The molecular formula is C21H28O12. The van der Waals surface area contributed by atoms with Gasteiger partial charge in [0.05, 0.1) is 13.7 Å². The Bertz CT molecular complexity index is 829. The van der Waals surface area contributed by atoms with Crippen LogP contribution in [0.2, 0.25) is 0 Å². The maximum Gasteiger partial charge on any atom is 0.330 e. The summed E-state index contributed by atoms with van der Waals surface area (Å²) in [6.07, 6.45) is -7.46. The minimum atomic E-state index is -1.55. The summed E-state index contributed by atoms with van der Waals surface area (Å²) in [5, 5.41) is 49.7. The number of methoxy groups -OCH3 is 2. The zero-order valence-corrected chi connectivity index (χ0v) is 18.0. The molecule has 0 bridgehead atoms. The Morgan fingerprint density at radius 3 is 2.61 bits per heavy atom. The van der Waals surface area contributed by atoms with Gasteiger partial charge in [0.25, 0.3) is 0 Å². The van der Waals surface area contributed by atoms with Gasteiger partial charge in [0.1, 0.15) is 43.2 Å². The number of carbonyl (C=O) groups is 1. The first-order valence-electron chi connectivity index (χ1n) is 10.1. The summed E-state index contributed by atoms with van der Waals surface area (Å²) < 4.78 is 31.3. The van der Waals surface area contributed by atoms with Gasteiger partial charge in [-0.2, -0.15) is 0 Å². The molecule has 0 spiro atoms. The van der Waals surface area contributed by atoms with Crippen LogP contribution in [0, 0.1) is 0 Å². The normalized spacial score (nSPS) is 34.5. The van der Waals surface area contributed by atoms with Gasteiger partial charge in [-0.05, 0) is 23.8 Å². The number of esters is 1. The second kappa shape index (κ2) is 11.2. The minimum Gasteiger partial charge on any atom is -0.504 e. The summed E-state index contributed by atoms with van der Waals surface area (Å²) in [7, 11) is 2.71. The van der Waals surface area contributed by atoms with E-state index in [1.54, 1.807) is 6.07 Å². The molecule has 0 unspecified atom stereocenters. The number of aliphatic hydroxyl groups excluding tert-OH is 4. The molecular weight excluding hydrogens is 444 g/mol. The van der Waals surface area contributed by atoms with Crippen LogP contribution in [0.15, 0.2) is 24.3 Å². The molecule has 2 aliphatic rings. The zero-order chi connectivity index (χ0) is 24.1. The predicted octanol–water partition coefficient (Wildman–Crippen LogP) is -1.49. The van der Waals surface area contributed by atoms with Crippen LogP contribution in [0.5, 0.6) is 11.5 Å². The number of hydrogen-bond donors (Lipinski definition) is 5. The highest BCUT2D eigenvalue weighted by Crippen LogP contribution is 2.29. The Hall–Kier alpha value is -2.29. The van der Waals surface area contributed by atoms with Crippen LogP contribution in [0.3, 0.4) is 0 Å². The number of hydrogen-bond acceptors (Lipinski definition) is 12. The number of ether oxygens (including phenoxy) is 6. The second-order valence-corrected chi connectivity index (χ2v) is 7.51. The van der Waals surface area contributed by atoms with E-state index < -0.39 is 55.2 Å². The van der Waals surface area contributed by atoms with Crippen LogP contribution in [0.25, 0.3) is 6.08 Å². The lowest BCUT2D eigenvalue weighted by Crippen LogP contribution is -2.56. The lowest BCUT2D eigenvalue weighted by molar-refractivity contribution is -0.299. The van der Waals surface area contributed by atoms with Crippen molar-refractivity contribution in [3.63, 3.8) is 0 Å². The van der Waals surface area contributed by atoms with Gasteiger partial charge in [-0.15, -0.1) is 0 Å². The first-order chi connectivity index (χ1) is 15.7. The zero-order valence-electron chi connectivity index (χ0n) is 18.0. The number of rotatable bonds is 8. The summed E-state index contributed by atoms with van der Waals surface area (Å²) in [6.45, 7) is -0.597. The van der Waals surface area contributed by atoms with Crippen LogP contribution in [-0.4, -0.2) is 108 Å². The molecule has 8 atom stereocenters. The highest BCUT2D eigenvalue weighted by molar-refractivity contribution is 5.87. The molecule has 0 radical (unpaired) electrons. The fourth-order valence-electron chi connectivity index (χ4n) is 3.48. The number of phenolic OH excluding ortho intramolecular Hbond substituents is 1. The van der Waals surface area contributed by atoms with Crippen molar-refractivity contribution in [2.24, 2.45) is 0 Å². The Morgan fingerprint density at radius 2 is 1.91 bits per heavy atom. The molecule has 1 aromatic rings.